The minimum atomic E-state index is 0.256. The molecule has 0 bridgehead atoms. The molecule has 4 heteroatoms. The zero-order valence-electron chi connectivity index (χ0n) is 8.91. The van der Waals surface area contributed by atoms with Crippen molar-refractivity contribution in [3.63, 3.8) is 0 Å². The Kier molecular flexibility index (Phi) is 4.90. The number of carbonyl (C=O) groups excluding carboxylic acids is 1. The second kappa shape index (κ2) is 5.98. The van der Waals surface area contributed by atoms with Gasteiger partial charge in [-0.2, -0.15) is 0 Å². The molecule has 0 unspecified atom stereocenters. The van der Waals surface area contributed by atoms with E-state index in [1.807, 2.05) is 11.8 Å². The van der Waals surface area contributed by atoms with Crippen LogP contribution in [0.3, 0.4) is 0 Å². The monoisotopic (exact) mass is 200 g/mol. The lowest BCUT2D eigenvalue weighted by Gasteiger charge is -2.34. The molecular weight excluding hydrogens is 180 g/mol. The Morgan fingerprint density at radius 1 is 1.29 bits per heavy atom. The van der Waals surface area contributed by atoms with Gasteiger partial charge in [0.15, 0.2) is 0 Å². The molecule has 0 atom stereocenters. The second-order valence-electron chi connectivity index (χ2n) is 3.65. The molecule has 0 aromatic rings. The standard InChI is InChI=1S/C10H20N2O2/c1-2-10(14)12-7-5-11(6-8-12)4-3-9-13/h13H,2-9H2,1H3. The molecule has 1 rings (SSSR count). The Morgan fingerprint density at radius 3 is 2.43 bits per heavy atom. The van der Waals surface area contributed by atoms with E-state index >= 15 is 0 Å². The topological polar surface area (TPSA) is 43.8 Å². The van der Waals surface area contributed by atoms with Crippen LogP contribution < -0.4 is 0 Å². The minimum absolute atomic E-state index is 0.256. The summed E-state index contributed by atoms with van der Waals surface area (Å²) in [4.78, 5) is 15.6. The molecule has 1 N–H and O–H groups in total. The molecule has 4 nitrogen and oxygen atoms in total. The molecule has 0 aliphatic carbocycles. The molecule has 0 saturated carbocycles. The SMILES string of the molecule is CCC(=O)N1CCN(CCCO)CC1. The summed E-state index contributed by atoms with van der Waals surface area (Å²) >= 11 is 0. The highest BCUT2D eigenvalue weighted by Gasteiger charge is 2.18. The maximum Gasteiger partial charge on any atom is 0.222 e. The van der Waals surface area contributed by atoms with Crippen LogP contribution in [0, 0.1) is 0 Å². The van der Waals surface area contributed by atoms with Crippen LogP contribution in [0.5, 0.6) is 0 Å². The highest BCUT2D eigenvalue weighted by molar-refractivity contribution is 5.75. The van der Waals surface area contributed by atoms with E-state index in [1.54, 1.807) is 0 Å². The summed E-state index contributed by atoms with van der Waals surface area (Å²) in [5, 5.41) is 8.68. The Labute approximate surface area is 85.5 Å². The molecule has 1 fully saturated rings. The fourth-order valence-corrected chi connectivity index (χ4v) is 1.74. The average Bonchev–Trinajstić information content (AvgIpc) is 2.26. The first-order chi connectivity index (χ1) is 6.77. The van der Waals surface area contributed by atoms with Crippen molar-refractivity contribution >= 4 is 5.91 Å². The molecule has 1 aliphatic heterocycles. The molecule has 1 aliphatic rings. The number of hydrogen-bond acceptors (Lipinski definition) is 3. The lowest BCUT2D eigenvalue weighted by atomic mass is 10.2. The van der Waals surface area contributed by atoms with Gasteiger partial charge in [0.05, 0.1) is 0 Å². The van der Waals surface area contributed by atoms with Crippen molar-refractivity contribution in [1.82, 2.24) is 9.80 Å². The predicted octanol–water partition coefficient (Wildman–Crippen LogP) is -0.0770. The molecule has 82 valence electrons. The second-order valence-corrected chi connectivity index (χ2v) is 3.65. The Hall–Kier alpha value is -0.610. The lowest BCUT2D eigenvalue weighted by molar-refractivity contribution is -0.132. The van der Waals surface area contributed by atoms with Gasteiger partial charge in [-0.05, 0) is 6.42 Å². The molecule has 0 aromatic carbocycles. The molecule has 0 spiro atoms. The summed E-state index contributed by atoms with van der Waals surface area (Å²) < 4.78 is 0. The summed E-state index contributed by atoms with van der Waals surface area (Å²) in [7, 11) is 0. The first-order valence-electron chi connectivity index (χ1n) is 5.39. The van der Waals surface area contributed by atoms with Crippen LogP contribution in [0.4, 0.5) is 0 Å². The molecule has 0 radical (unpaired) electrons. The van der Waals surface area contributed by atoms with Crippen LogP contribution in [-0.2, 0) is 4.79 Å². The summed E-state index contributed by atoms with van der Waals surface area (Å²) in [6.45, 7) is 6.70. The van der Waals surface area contributed by atoms with E-state index in [4.69, 9.17) is 5.11 Å². The number of aliphatic hydroxyl groups excluding tert-OH is 1. The fraction of sp³-hybridized carbons (Fsp3) is 0.900. The Balaban J connectivity index is 2.20. The Morgan fingerprint density at radius 2 is 1.93 bits per heavy atom. The van der Waals surface area contributed by atoms with Gasteiger partial charge in [-0.15, -0.1) is 0 Å². The third-order valence-corrected chi connectivity index (χ3v) is 2.66. The highest BCUT2D eigenvalue weighted by Crippen LogP contribution is 2.03. The van der Waals surface area contributed by atoms with Crippen LogP contribution in [0.15, 0.2) is 0 Å². The third kappa shape index (κ3) is 3.27. The fourth-order valence-electron chi connectivity index (χ4n) is 1.74. The van der Waals surface area contributed by atoms with Crippen LogP contribution in [0.2, 0.25) is 0 Å². The van der Waals surface area contributed by atoms with E-state index in [-0.39, 0.29) is 12.5 Å². The number of piperazine rings is 1. The number of rotatable bonds is 4. The molecular formula is C10H20N2O2. The van der Waals surface area contributed by atoms with E-state index < -0.39 is 0 Å². The van der Waals surface area contributed by atoms with Crippen molar-refractivity contribution in [3.8, 4) is 0 Å². The summed E-state index contributed by atoms with van der Waals surface area (Å²) in [5.74, 6) is 0.256. The highest BCUT2D eigenvalue weighted by atomic mass is 16.3. The van der Waals surface area contributed by atoms with Crippen molar-refractivity contribution < 1.29 is 9.90 Å². The zero-order chi connectivity index (χ0) is 10.4. The molecule has 0 aromatic heterocycles. The number of hydrogen-bond donors (Lipinski definition) is 1. The van der Waals surface area contributed by atoms with E-state index in [0.29, 0.717) is 6.42 Å². The maximum absolute atomic E-state index is 11.4. The van der Waals surface area contributed by atoms with E-state index in [9.17, 15) is 4.79 Å². The normalized spacial score (nSPS) is 18.6. The molecule has 1 saturated heterocycles. The first-order valence-corrected chi connectivity index (χ1v) is 5.39. The number of nitrogens with zero attached hydrogens (tertiary/aromatic N) is 2. The number of carbonyl (C=O) groups is 1. The van der Waals surface area contributed by atoms with Gasteiger partial charge in [0.2, 0.25) is 5.91 Å². The van der Waals surface area contributed by atoms with Gasteiger partial charge in [0.25, 0.3) is 0 Å². The van der Waals surface area contributed by atoms with Crippen LogP contribution in [-0.4, -0.2) is 60.1 Å². The maximum atomic E-state index is 11.4. The van der Waals surface area contributed by atoms with Crippen LogP contribution in [0.25, 0.3) is 0 Å². The van der Waals surface area contributed by atoms with Gasteiger partial charge >= 0.3 is 0 Å². The van der Waals surface area contributed by atoms with Gasteiger partial charge in [-0.1, -0.05) is 6.92 Å². The zero-order valence-corrected chi connectivity index (χ0v) is 8.91. The average molecular weight is 200 g/mol. The summed E-state index contributed by atoms with van der Waals surface area (Å²) in [5.41, 5.74) is 0. The summed E-state index contributed by atoms with van der Waals surface area (Å²) in [6.07, 6.45) is 1.44. The van der Waals surface area contributed by atoms with Crippen molar-refractivity contribution in [2.75, 3.05) is 39.3 Å². The van der Waals surface area contributed by atoms with Gasteiger partial charge in [-0.3, -0.25) is 9.69 Å². The van der Waals surface area contributed by atoms with Gasteiger partial charge in [-0.25, -0.2) is 0 Å². The van der Waals surface area contributed by atoms with Crippen LogP contribution in [0.1, 0.15) is 19.8 Å². The number of amides is 1. The lowest BCUT2D eigenvalue weighted by Crippen LogP contribution is -2.48. The largest absolute Gasteiger partial charge is 0.396 e. The quantitative estimate of drug-likeness (QED) is 0.690. The van der Waals surface area contributed by atoms with Crippen molar-refractivity contribution in [1.29, 1.82) is 0 Å². The predicted molar refractivity (Wildman–Crippen MR) is 55.0 cm³/mol. The van der Waals surface area contributed by atoms with Gasteiger partial charge < -0.3 is 10.0 Å². The molecule has 1 amide bonds. The van der Waals surface area contributed by atoms with Gasteiger partial charge in [0.1, 0.15) is 0 Å². The third-order valence-electron chi connectivity index (χ3n) is 2.66. The Bertz CT molecular complexity index is 177. The minimum Gasteiger partial charge on any atom is -0.396 e. The van der Waals surface area contributed by atoms with Gasteiger partial charge in [0, 0.05) is 45.8 Å². The van der Waals surface area contributed by atoms with Crippen LogP contribution >= 0.6 is 0 Å². The van der Waals surface area contributed by atoms with E-state index in [0.717, 1.165) is 39.1 Å². The number of aliphatic hydroxyl groups is 1. The smallest absolute Gasteiger partial charge is 0.222 e. The van der Waals surface area contributed by atoms with Crippen molar-refractivity contribution in [3.05, 3.63) is 0 Å². The molecule has 1 heterocycles. The summed E-state index contributed by atoms with van der Waals surface area (Å²) in [6, 6.07) is 0. The molecule has 14 heavy (non-hydrogen) atoms. The first kappa shape index (κ1) is 11.5. The van der Waals surface area contributed by atoms with E-state index in [2.05, 4.69) is 4.90 Å². The van der Waals surface area contributed by atoms with E-state index in [1.165, 1.54) is 0 Å². The van der Waals surface area contributed by atoms with Crippen molar-refractivity contribution in [2.24, 2.45) is 0 Å². The van der Waals surface area contributed by atoms with Crippen molar-refractivity contribution in [2.45, 2.75) is 19.8 Å².